The molecule has 2 aromatic carbocycles. The lowest BCUT2D eigenvalue weighted by molar-refractivity contribution is -0.161. The molecule has 1 unspecified atom stereocenters. The Balaban J connectivity index is 1.36. The second kappa shape index (κ2) is 16.9. The van der Waals surface area contributed by atoms with E-state index in [0.29, 0.717) is 31.4 Å². The lowest BCUT2D eigenvalue weighted by Gasteiger charge is -2.42. The van der Waals surface area contributed by atoms with Gasteiger partial charge in [-0.3, -0.25) is 19.2 Å². The van der Waals surface area contributed by atoms with E-state index in [-0.39, 0.29) is 42.3 Å². The summed E-state index contributed by atoms with van der Waals surface area (Å²) in [4.78, 5) is 60.2. The number of hydrogen-bond acceptors (Lipinski definition) is 7. The predicted octanol–water partition coefficient (Wildman–Crippen LogP) is 5.05. The van der Waals surface area contributed by atoms with Gasteiger partial charge in [0.25, 0.3) is 0 Å². The normalized spacial score (nSPS) is 27.8. The number of carbonyl (C=O) groups excluding carboxylic acids is 4. The van der Waals surface area contributed by atoms with Crippen LogP contribution in [0.5, 0.6) is 0 Å². The highest BCUT2D eigenvalue weighted by Gasteiger charge is 2.77. The summed E-state index contributed by atoms with van der Waals surface area (Å²) in [5.74, 6) is -3.49. The van der Waals surface area contributed by atoms with Gasteiger partial charge in [-0.15, -0.1) is 13.2 Å². The minimum Gasteiger partial charge on any atom is -0.455 e. The molecule has 278 valence electrons. The fraction of sp³-hybridized carbons (Fsp3) is 0.512. The van der Waals surface area contributed by atoms with Crippen LogP contribution >= 0.6 is 15.9 Å². The van der Waals surface area contributed by atoms with E-state index in [1.54, 1.807) is 12.2 Å². The summed E-state index contributed by atoms with van der Waals surface area (Å²) in [6.45, 7) is 7.61. The van der Waals surface area contributed by atoms with Gasteiger partial charge in [-0.1, -0.05) is 108 Å². The maximum atomic E-state index is 15.1. The molecule has 6 rings (SSSR count). The number of halogens is 1. The van der Waals surface area contributed by atoms with Gasteiger partial charge in [-0.05, 0) is 43.2 Å². The molecule has 0 radical (unpaired) electrons. The molecular formula is C41H50BrN3O7. The summed E-state index contributed by atoms with van der Waals surface area (Å²) in [7, 11) is 0. The first-order valence-electron chi connectivity index (χ1n) is 18.6. The van der Waals surface area contributed by atoms with E-state index in [0.717, 1.165) is 37.7 Å². The van der Waals surface area contributed by atoms with Crippen LogP contribution in [0.1, 0.15) is 68.6 Å². The summed E-state index contributed by atoms with van der Waals surface area (Å²) in [6, 6.07) is 16.9. The van der Waals surface area contributed by atoms with Crippen molar-refractivity contribution in [2.24, 2.45) is 11.8 Å². The van der Waals surface area contributed by atoms with E-state index in [2.05, 4.69) is 34.4 Å². The molecule has 3 amide bonds. The number of amides is 3. The van der Waals surface area contributed by atoms with Crippen LogP contribution in [0.2, 0.25) is 0 Å². The summed E-state index contributed by atoms with van der Waals surface area (Å²) < 4.78 is 13.0. The number of alkyl halides is 1. The third-order valence-electron chi connectivity index (χ3n) is 11.3. The monoisotopic (exact) mass is 775 g/mol. The smallest absolute Gasteiger partial charge is 0.313 e. The fourth-order valence-corrected chi connectivity index (χ4v) is 9.84. The lowest BCUT2D eigenvalue weighted by atomic mass is 9.70. The molecule has 2 bridgehead atoms. The zero-order chi connectivity index (χ0) is 36.8. The van der Waals surface area contributed by atoms with Crippen LogP contribution in [-0.4, -0.2) is 93.0 Å². The highest BCUT2D eigenvalue weighted by atomic mass is 79.9. The van der Waals surface area contributed by atoms with E-state index in [4.69, 9.17) is 9.47 Å². The third kappa shape index (κ3) is 7.50. The molecule has 0 aromatic heterocycles. The molecular weight excluding hydrogens is 726 g/mol. The zero-order valence-electron chi connectivity index (χ0n) is 29.6. The van der Waals surface area contributed by atoms with Gasteiger partial charge < -0.3 is 29.7 Å². The topological polar surface area (TPSA) is 125 Å². The molecule has 3 heterocycles. The van der Waals surface area contributed by atoms with Gasteiger partial charge in [0.1, 0.15) is 17.7 Å². The highest BCUT2D eigenvalue weighted by molar-refractivity contribution is 9.09. The van der Waals surface area contributed by atoms with Crippen molar-refractivity contribution in [3.63, 3.8) is 0 Å². The van der Waals surface area contributed by atoms with Crippen LogP contribution < -0.4 is 5.32 Å². The Labute approximate surface area is 314 Å². The average molecular weight is 777 g/mol. The Kier molecular flexibility index (Phi) is 12.3. The van der Waals surface area contributed by atoms with Gasteiger partial charge >= 0.3 is 5.97 Å². The number of benzene rings is 2. The van der Waals surface area contributed by atoms with Crippen molar-refractivity contribution in [1.29, 1.82) is 0 Å². The maximum Gasteiger partial charge on any atom is 0.313 e. The van der Waals surface area contributed by atoms with Crippen molar-refractivity contribution in [2.75, 3.05) is 19.7 Å². The molecule has 4 fully saturated rings. The first kappa shape index (κ1) is 37.9. The van der Waals surface area contributed by atoms with Crippen LogP contribution in [0.15, 0.2) is 86.0 Å². The number of allylic oxidation sites excluding steroid dienone is 1. The summed E-state index contributed by atoms with van der Waals surface area (Å²) in [6.07, 6.45) is 8.10. The van der Waals surface area contributed by atoms with E-state index in [1.807, 2.05) is 65.6 Å². The third-order valence-corrected chi connectivity index (χ3v) is 12.1. The van der Waals surface area contributed by atoms with Crippen LogP contribution in [0.3, 0.4) is 0 Å². The molecule has 1 spiro atoms. The molecule has 2 N–H and O–H groups in total. The van der Waals surface area contributed by atoms with Crippen molar-refractivity contribution in [2.45, 2.75) is 98.5 Å². The van der Waals surface area contributed by atoms with E-state index in [9.17, 15) is 19.5 Å². The van der Waals surface area contributed by atoms with Crippen LogP contribution in [-0.2, 0) is 35.1 Å². The van der Waals surface area contributed by atoms with Gasteiger partial charge in [0, 0.05) is 23.8 Å². The molecule has 1 saturated carbocycles. The largest absolute Gasteiger partial charge is 0.455 e. The molecule has 2 aromatic rings. The quantitative estimate of drug-likeness (QED) is 0.139. The Morgan fingerprint density at radius 2 is 1.75 bits per heavy atom. The number of esters is 1. The van der Waals surface area contributed by atoms with Crippen molar-refractivity contribution >= 4 is 39.6 Å². The van der Waals surface area contributed by atoms with Gasteiger partial charge in [0.05, 0.1) is 37.1 Å². The van der Waals surface area contributed by atoms with Crippen LogP contribution in [0, 0.1) is 11.8 Å². The number of hydrogen-bond donors (Lipinski definition) is 2. The minimum absolute atomic E-state index is 0.0131. The number of ether oxygens (including phenoxy) is 2. The van der Waals surface area contributed by atoms with Gasteiger partial charge in [0.15, 0.2) is 0 Å². The highest BCUT2D eigenvalue weighted by Crippen LogP contribution is 2.61. The number of rotatable bonds is 16. The number of likely N-dealkylation sites (tertiary alicyclic amines) is 1. The number of nitrogens with zero attached hydrogens (tertiary/aromatic N) is 2. The Hall–Kier alpha value is -3.80. The average Bonchev–Trinajstić information content (AvgIpc) is 3.77. The van der Waals surface area contributed by atoms with Crippen LogP contribution in [0.25, 0.3) is 0 Å². The summed E-state index contributed by atoms with van der Waals surface area (Å²) in [5, 5.41) is 13.8. The Morgan fingerprint density at radius 1 is 1.06 bits per heavy atom. The molecule has 11 heteroatoms. The van der Waals surface area contributed by atoms with E-state index < -0.39 is 53.6 Å². The van der Waals surface area contributed by atoms with E-state index in [1.165, 1.54) is 4.90 Å². The molecule has 52 heavy (non-hydrogen) atoms. The molecule has 3 aliphatic heterocycles. The zero-order valence-corrected chi connectivity index (χ0v) is 31.2. The minimum atomic E-state index is -1.32. The first-order chi connectivity index (χ1) is 25.2. The number of fused-ring (bicyclic) bond motifs is 1. The molecule has 1 aliphatic carbocycles. The number of carbonyl (C=O) groups is 4. The molecule has 3 saturated heterocycles. The number of nitrogens with one attached hydrogen (secondary N) is 1. The van der Waals surface area contributed by atoms with Gasteiger partial charge in [0.2, 0.25) is 17.7 Å². The SMILES string of the molecule is C=CCCC(=O)NC[C@@H](OC(=O)[C@H]1[C@@H]2O[C@@]3(CC2Br)[C@@H]1C(=O)N([C@@H](CO)Cc1ccccc1)[C@@H]3C(=O)N(CC=C)C1CCCCC1)c1ccccc1. The summed E-state index contributed by atoms with van der Waals surface area (Å²) in [5.41, 5.74) is 0.277. The van der Waals surface area contributed by atoms with Gasteiger partial charge in [-0.25, -0.2) is 0 Å². The Bertz CT molecular complexity index is 1600. The van der Waals surface area contributed by atoms with Crippen molar-refractivity contribution in [1.82, 2.24) is 15.1 Å². The summed E-state index contributed by atoms with van der Waals surface area (Å²) >= 11 is 3.77. The predicted molar refractivity (Wildman–Crippen MR) is 200 cm³/mol. The molecule has 4 aliphatic rings. The van der Waals surface area contributed by atoms with Crippen molar-refractivity contribution in [3.05, 3.63) is 97.1 Å². The number of aliphatic hydroxyl groups excluding tert-OH is 1. The van der Waals surface area contributed by atoms with E-state index >= 15 is 4.79 Å². The maximum absolute atomic E-state index is 15.1. The second-order valence-corrected chi connectivity index (χ2v) is 15.7. The molecule has 8 atom stereocenters. The second-order valence-electron chi connectivity index (χ2n) is 14.5. The Morgan fingerprint density at radius 3 is 2.40 bits per heavy atom. The lowest BCUT2D eigenvalue weighted by Crippen LogP contribution is -2.60. The standard InChI is InChI=1S/C41H50BrN3O7/c1-3-5-21-33(47)43-25-32(28-17-11-7-12-18-28)51-40(50)34-35-38(48)45(30(26-46)23-27-15-9-6-10-16-27)37(41(35)24-31(42)36(34)52-41)39(49)44(22-4-2)29-19-13-8-14-20-29/h3-4,6-7,9-12,15-18,29-32,34-37,46H,1-2,5,8,13-14,19-26H2,(H,43,47)/t30-,31?,32-,34-,35+,36-,37-,41+/m1/s1. The first-order valence-corrected chi connectivity index (χ1v) is 19.5. The van der Waals surface area contributed by atoms with Crippen molar-refractivity contribution < 1.29 is 33.8 Å². The molecule has 10 nitrogen and oxygen atoms in total. The van der Waals surface area contributed by atoms with Gasteiger partial charge in [-0.2, -0.15) is 0 Å². The van der Waals surface area contributed by atoms with Crippen LogP contribution in [0.4, 0.5) is 0 Å². The fourth-order valence-electron chi connectivity index (χ4n) is 8.90. The number of aliphatic hydroxyl groups is 1. The van der Waals surface area contributed by atoms with Crippen molar-refractivity contribution in [3.8, 4) is 0 Å².